The lowest BCUT2D eigenvalue weighted by Crippen LogP contribution is -2.25. The molecular weight excluding hydrogens is 235 g/mol. The molecule has 0 fully saturated rings. The van der Waals surface area contributed by atoms with Crippen LogP contribution in [-0.4, -0.2) is 27.0 Å². The second-order valence-corrected chi connectivity index (χ2v) is 3.78. The van der Waals surface area contributed by atoms with Gasteiger partial charge in [0.1, 0.15) is 0 Å². The van der Waals surface area contributed by atoms with Gasteiger partial charge in [-0.2, -0.15) is 4.39 Å². The molecule has 5 nitrogen and oxygen atoms in total. The lowest BCUT2D eigenvalue weighted by molar-refractivity contribution is 0.0952. The number of aryl methyl sites for hydroxylation is 1. The number of aromatic nitrogens is 3. The average Bonchev–Trinajstić information content (AvgIpc) is 2.87. The van der Waals surface area contributed by atoms with Crippen LogP contribution in [0.4, 0.5) is 4.39 Å². The van der Waals surface area contributed by atoms with E-state index in [1.54, 1.807) is 12.5 Å². The van der Waals surface area contributed by atoms with Gasteiger partial charge in [0.15, 0.2) is 0 Å². The van der Waals surface area contributed by atoms with Crippen molar-refractivity contribution in [2.75, 3.05) is 6.54 Å². The molecule has 6 heteroatoms. The molecule has 0 radical (unpaired) electrons. The molecule has 1 N–H and O–H groups in total. The van der Waals surface area contributed by atoms with Crippen molar-refractivity contribution in [2.24, 2.45) is 0 Å². The predicted molar refractivity (Wildman–Crippen MR) is 63.4 cm³/mol. The second kappa shape index (κ2) is 5.90. The van der Waals surface area contributed by atoms with Crippen LogP contribution in [0.25, 0.3) is 0 Å². The van der Waals surface area contributed by atoms with E-state index in [2.05, 4.69) is 15.3 Å². The normalized spacial score (nSPS) is 10.3. The highest BCUT2D eigenvalue weighted by atomic mass is 19.1. The molecule has 0 spiro atoms. The summed E-state index contributed by atoms with van der Waals surface area (Å²) < 4.78 is 14.7. The SMILES string of the molecule is O=C(NCCCn1ccnc1)c1ccnc(F)c1. The molecule has 0 atom stereocenters. The largest absolute Gasteiger partial charge is 0.352 e. The Balaban J connectivity index is 1.75. The topological polar surface area (TPSA) is 59.8 Å². The van der Waals surface area contributed by atoms with Crippen molar-refractivity contribution in [1.29, 1.82) is 0 Å². The molecule has 0 bridgehead atoms. The maximum Gasteiger partial charge on any atom is 0.251 e. The Kier molecular flexibility index (Phi) is 4.01. The molecule has 0 aromatic carbocycles. The minimum Gasteiger partial charge on any atom is -0.352 e. The number of halogens is 1. The van der Waals surface area contributed by atoms with Crippen molar-refractivity contribution in [3.8, 4) is 0 Å². The molecule has 94 valence electrons. The van der Waals surface area contributed by atoms with Gasteiger partial charge in [-0.3, -0.25) is 4.79 Å². The Labute approximate surface area is 104 Å². The fraction of sp³-hybridized carbons (Fsp3) is 0.250. The summed E-state index contributed by atoms with van der Waals surface area (Å²) in [4.78, 5) is 18.9. The van der Waals surface area contributed by atoms with Crippen LogP contribution in [0, 0.1) is 5.95 Å². The number of carbonyl (C=O) groups excluding carboxylic acids is 1. The van der Waals surface area contributed by atoms with Crippen LogP contribution in [0.1, 0.15) is 16.8 Å². The summed E-state index contributed by atoms with van der Waals surface area (Å²) in [6, 6.07) is 2.60. The molecule has 2 aromatic heterocycles. The zero-order valence-corrected chi connectivity index (χ0v) is 9.71. The number of nitrogens with one attached hydrogen (secondary N) is 1. The fourth-order valence-electron chi connectivity index (χ4n) is 1.53. The molecule has 2 rings (SSSR count). The molecule has 0 saturated heterocycles. The molecule has 0 saturated carbocycles. The number of nitrogens with zero attached hydrogens (tertiary/aromatic N) is 3. The number of pyridine rings is 1. The third-order valence-corrected chi connectivity index (χ3v) is 2.43. The van der Waals surface area contributed by atoms with Gasteiger partial charge in [-0.25, -0.2) is 9.97 Å². The van der Waals surface area contributed by atoms with E-state index in [0.29, 0.717) is 6.54 Å². The van der Waals surface area contributed by atoms with E-state index in [1.165, 1.54) is 12.3 Å². The van der Waals surface area contributed by atoms with E-state index in [1.807, 2.05) is 10.8 Å². The van der Waals surface area contributed by atoms with Crippen molar-refractivity contribution in [1.82, 2.24) is 19.9 Å². The van der Waals surface area contributed by atoms with E-state index in [9.17, 15) is 9.18 Å². The lowest BCUT2D eigenvalue weighted by atomic mass is 10.2. The van der Waals surface area contributed by atoms with E-state index < -0.39 is 5.95 Å². The van der Waals surface area contributed by atoms with E-state index in [4.69, 9.17) is 0 Å². The lowest BCUT2D eigenvalue weighted by Gasteiger charge is -2.05. The highest BCUT2D eigenvalue weighted by Gasteiger charge is 2.05. The number of carbonyl (C=O) groups is 1. The summed E-state index contributed by atoms with van der Waals surface area (Å²) in [5.74, 6) is -0.942. The quantitative estimate of drug-likeness (QED) is 0.639. The smallest absolute Gasteiger partial charge is 0.251 e. The number of hydrogen-bond acceptors (Lipinski definition) is 3. The molecule has 0 unspecified atom stereocenters. The number of amides is 1. The molecule has 2 aromatic rings. The highest BCUT2D eigenvalue weighted by Crippen LogP contribution is 2.00. The Morgan fingerprint density at radius 2 is 2.33 bits per heavy atom. The van der Waals surface area contributed by atoms with Crippen LogP contribution in [0.3, 0.4) is 0 Å². The maximum absolute atomic E-state index is 12.8. The van der Waals surface area contributed by atoms with Gasteiger partial charge in [-0.1, -0.05) is 0 Å². The molecule has 2 heterocycles. The zero-order chi connectivity index (χ0) is 12.8. The zero-order valence-electron chi connectivity index (χ0n) is 9.71. The molecule has 0 aliphatic heterocycles. The summed E-state index contributed by atoms with van der Waals surface area (Å²) in [7, 11) is 0. The molecular formula is C12H13FN4O. The first-order chi connectivity index (χ1) is 8.75. The fourth-order valence-corrected chi connectivity index (χ4v) is 1.53. The summed E-state index contributed by atoms with van der Waals surface area (Å²) in [5.41, 5.74) is 0.283. The first-order valence-corrected chi connectivity index (χ1v) is 5.61. The summed E-state index contributed by atoms with van der Waals surface area (Å²) in [5, 5.41) is 2.72. The van der Waals surface area contributed by atoms with Crippen LogP contribution >= 0.6 is 0 Å². The van der Waals surface area contributed by atoms with E-state index in [0.717, 1.165) is 19.0 Å². The van der Waals surface area contributed by atoms with Crippen LogP contribution in [-0.2, 0) is 6.54 Å². The molecule has 0 aliphatic rings. The Morgan fingerprint density at radius 3 is 3.06 bits per heavy atom. The first-order valence-electron chi connectivity index (χ1n) is 5.61. The summed E-state index contributed by atoms with van der Waals surface area (Å²) in [6.45, 7) is 1.31. The Morgan fingerprint density at radius 1 is 1.44 bits per heavy atom. The Bertz CT molecular complexity index is 513. The standard InChI is InChI=1S/C12H13FN4O/c13-11-8-10(2-4-15-11)12(18)16-3-1-6-17-7-5-14-9-17/h2,4-5,7-9H,1,3,6H2,(H,16,18). The van der Waals surface area contributed by atoms with Crippen LogP contribution in [0.2, 0.25) is 0 Å². The summed E-state index contributed by atoms with van der Waals surface area (Å²) >= 11 is 0. The van der Waals surface area contributed by atoms with Crippen LogP contribution in [0.5, 0.6) is 0 Å². The third kappa shape index (κ3) is 3.38. The maximum atomic E-state index is 12.8. The van der Waals surface area contributed by atoms with Crippen molar-refractivity contribution in [2.45, 2.75) is 13.0 Å². The minimum absolute atomic E-state index is 0.283. The van der Waals surface area contributed by atoms with Gasteiger partial charge in [0.05, 0.1) is 6.33 Å². The molecule has 18 heavy (non-hydrogen) atoms. The van der Waals surface area contributed by atoms with E-state index in [-0.39, 0.29) is 11.5 Å². The number of imidazole rings is 1. The van der Waals surface area contributed by atoms with Crippen LogP contribution < -0.4 is 5.32 Å². The van der Waals surface area contributed by atoms with Gasteiger partial charge < -0.3 is 9.88 Å². The van der Waals surface area contributed by atoms with Crippen molar-refractivity contribution < 1.29 is 9.18 Å². The molecule has 1 amide bonds. The Hall–Kier alpha value is -2.24. The highest BCUT2D eigenvalue weighted by molar-refractivity contribution is 5.93. The minimum atomic E-state index is -0.652. The van der Waals surface area contributed by atoms with Gasteiger partial charge >= 0.3 is 0 Å². The van der Waals surface area contributed by atoms with Gasteiger partial charge in [-0.15, -0.1) is 0 Å². The predicted octanol–water partition coefficient (Wildman–Crippen LogP) is 1.24. The van der Waals surface area contributed by atoms with Crippen molar-refractivity contribution in [3.63, 3.8) is 0 Å². The monoisotopic (exact) mass is 248 g/mol. The van der Waals surface area contributed by atoms with Gasteiger partial charge in [0.2, 0.25) is 5.95 Å². The first kappa shape index (κ1) is 12.2. The van der Waals surface area contributed by atoms with Gasteiger partial charge in [0, 0.05) is 43.3 Å². The van der Waals surface area contributed by atoms with Crippen molar-refractivity contribution in [3.05, 3.63) is 48.6 Å². The average molecular weight is 248 g/mol. The second-order valence-electron chi connectivity index (χ2n) is 3.78. The number of hydrogen-bond donors (Lipinski definition) is 1. The molecule has 0 aliphatic carbocycles. The summed E-state index contributed by atoms with van der Waals surface area (Å²) in [6.07, 6.45) is 7.35. The van der Waals surface area contributed by atoms with Gasteiger partial charge in [-0.05, 0) is 12.5 Å². The van der Waals surface area contributed by atoms with Crippen molar-refractivity contribution >= 4 is 5.91 Å². The number of rotatable bonds is 5. The van der Waals surface area contributed by atoms with Gasteiger partial charge in [0.25, 0.3) is 5.91 Å². The van der Waals surface area contributed by atoms with E-state index >= 15 is 0 Å². The van der Waals surface area contributed by atoms with Crippen LogP contribution in [0.15, 0.2) is 37.1 Å². The third-order valence-electron chi connectivity index (χ3n) is 2.43.